The molecule has 1 heterocycles. The molecule has 0 spiro atoms. The lowest BCUT2D eigenvalue weighted by Gasteiger charge is -2.15. The minimum Gasteiger partial charge on any atom is -0.497 e. The van der Waals surface area contributed by atoms with Crippen LogP contribution >= 0.6 is 0 Å². The molecule has 0 aliphatic heterocycles. The Morgan fingerprint density at radius 2 is 2.04 bits per heavy atom. The van der Waals surface area contributed by atoms with Crippen LogP contribution in [0.15, 0.2) is 48.7 Å². The number of nitrogens with one attached hydrogen (secondary N) is 2. The van der Waals surface area contributed by atoms with Crippen LogP contribution in [0.4, 0.5) is 4.39 Å². The zero-order valence-electron chi connectivity index (χ0n) is 13.4. The minimum absolute atomic E-state index is 0.0499. The first kappa shape index (κ1) is 15.6. The Morgan fingerprint density at radius 1 is 1.22 bits per heavy atom. The van der Waals surface area contributed by atoms with Crippen molar-refractivity contribution in [2.75, 3.05) is 13.7 Å². The summed E-state index contributed by atoms with van der Waals surface area (Å²) in [5.74, 6) is 0.300. The van der Waals surface area contributed by atoms with E-state index in [0.29, 0.717) is 11.3 Å². The SMILES string of the molecule is COc1ccc(C(C)NCCc2c[nH]c3ccccc23)c(F)c1. The summed E-state index contributed by atoms with van der Waals surface area (Å²) in [4.78, 5) is 3.28. The molecule has 23 heavy (non-hydrogen) atoms. The highest BCUT2D eigenvalue weighted by Crippen LogP contribution is 2.22. The minimum atomic E-state index is -0.239. The van der Waals surface area contributed by atoms with E-state index in [1.807, 2.05) is 25.3 Å². The van der Waals surface area contributed by atoms with Crippen molar-refractivity contribution in [2.24, 2.45) is 0 Å². The van der Waals surface area contributed by atoms with Gasteiger partial charge in [0.15, 0.2) is 0 Å². The molecule has 1 aromatic heterocycles. The van der Waals surface area contributed by atoms with E-state index in [1.165, 1.54) is 24.1 Å². The predicted molar refractivity (Wildman–Crippen MR) is 91.4 cm³/mol. The monoisotopic (exact) mass is 312 g/mol. The van der Waals surface area contributed by atoms with Gasteiger partial charge in [0, 0.05) is 34.8 Å². The van der Waals surface area contributed by atoms with Gasteiger partial charge in [0.2, 0.25) is 0 Å². The number of fused-ring (bicyclic) bond motifs is 1. The van der Waals surface area contributed by atoms with Gasteiger partial charge in [0.25, 0.3) is 0 Å². The molecule has 3 rings (SSSR count). The lowest BCUT2D eigenvalue weighted by Crippen LogP contribution is -2.22. The molecule has 0 saturated heterocycles. The molecule has 3 nitrogen and oxygen atoms in total. The fraction of sp³-hybridized carbons (Fsp3) is 0.263. The van der Waals surface area contributed by atoms with Crippen LogP contribution in [0, 0.1) is 5.82 Å². The van der Waals surface area contributed by atoms with Crippen LogP contribution in [0.1, 0.15) is 24.1 Å². The first-order valence-corrected chi connectivity index (χ1v) is 7.81. The first-order valence-electron chi connectivity index (χ1n) is 7.81. The normalized spacial score (nSPS) is 12.5. The fourth-order valence-corrected chi connectivity index (χ4v) is 2.86. The van der Waals surface area contributed by atoms with E-state index in [0.717, 1.165) is 18.5 Å². The van der Waals surface area contributed by atoms with Crippen molar-refractivity contribution in [3.05, 3.63) is 65.6 Å². The Hall–Kier alpha value is -2.33. The van der Waals surface area contributed by atoms with Gasteiger partial charge in [-0.3, -0.25) is 0 Å². The van der Waals surface area contributed by atoms with Crippen molar-refractivity contribution in [3.63, 3.8) is 0 Å². The van der Waals surface area contributed by atoms with Gasteiger partial charge in [-0.15, -0.1) is 0 Å². The smallest absolute Gasteiger partial charge is 0.131 e. The molecule has 3 aromatic rings. The maximum absolute atomic E-state index is 14.1. The van der Waals surface area contributed by atoms with Crippen molar-refractivity contribution >= 4 is 10.9 Å². The second kappa shape index (κ2) is 6.84. The Bertz CT molecular complexity index is 797. The number of H-pyrrole nitrogens is 1. The van der Waals surface area contributed by atoms with E-state index in [4.69, 9.17) is 4.74 Å². The van der Waals surface area contributed by atoms with Crippen LogP contribution in [-0.2, 0) is 6.42 Å². The Labute approximate surface area is 135 Å². The summed E-state index contributed by atoms with van der Waals surface area (Å²) in [6.45, 7) is 2.76. The number of aromatic nitrogens is 1. The van der Waals surface area contributed by atoms with Crippen molar-refractivity contribution in [3.8, 4) is 5.75 Å². The van der Waals surface area contributed by atoms with Crippen molar-refractivity contribution < 1.29 is 9.13 Å². The van der Waals surface area contributed by atoms with Crippen LogP contribution in [0.25, 0.3) is 10.9 Å². The summed E-state index contributed by atoms with van der Waals surface area (Å²) in [6.07, 6.45) is 2.94. The first-order chi connectivity index (χ1) is 11.2. The topological polar surface area (TPSA) is 37.0 Å². The molecule has 0 fully saturated rings. The van der Waals surface area contributed by atoms with Gasteiger partial charge in [-0.1, -0.05) is 24.3 Å². The summed E-state index contributed by atoms with van der Waals surface area (Å²) in [5, 5.41) is 4.63. The van der Waals surface area contributed by atoms with Gasteiger partial charge >= 0.3 is 0 Å². The van der Waals surface area contributed by atoms with Crippen molar-refractivity contribution in [1.82, 2.24) is 10.3 Å². The van der Waals surface area contributed by atoms with E-state index in [9.17, 15) is 4.39 Å². The molecule has 0 amide bonds. The third-order valence-corrected chi connectivity index (χ3v) is 4.19. The zero-order valence-corrected chi connectivity index (χ0v) is 13.4. The number of methoxy groups -OCH3 is 1. The van der Waals surface area contributed by atoms with Gasteiger partial charge in [-0.25, -0.2) is 4.39 Å². The average Bonchev–Trinajstić information content (AvgIpc) is 2.98. The second-order valence-electron chi connectivity index (χ2n) is 5.67. The van der Waals surface area contributed by atoms with Gasteiger partial charge < -0.3 is 15.0 Å². The Balaban J connectivity index is 1.62. The Kier molecular flexibility index (Phi) is 4.63. The molecular weight excluding hydrogens is 291 g/mol. The number of halogens is 1. The van der Waals surface area contributed by atoms with Crippen LogP contribution in [0.2, 0.25) is 0 Å². The summed E-state index contributed by atoms with van der Waals surface area (Å²) >= 11 is 0. The maximum Gasteiger partial charge on any atom is 0.131 e. The second-order valence-corrected chi connectivity index (χ2v) is 5.67. The third kappa shape index (κ3) is 3.37. The molecular formula is C19H21FN2O. The number of benzene rings is 2. The number of para-hydroxylation sites is 1. The molecule has 120 valence electrons. The number of hydrogen-bond donors (Lipinski definition) is 2. The standard InChI is InChI=1S/C19H21FN2O/c1-13(16-8-7-15(23-2)11-18(16)20)21-10-9-14-12-22-19-6-4-3-5-17(14)19/h3-8,11-13,21-22H,9-10H2,1-2H3. The molecule has 0 bridgehead atoms. The van der Waals surface area contributed by atoms with Crippen molar-refractivity contribution in [1.29, 1.82) is 0 Å². The third-order valence-electron chi connectivity index (χ3n) is 4.19. The summed E-state index contributed by atoms with van der Waals surface area (Å²) in [7, 11) is 1.54. The quantitative estimate of drug-likeness (QED) is 0.715. The average molecular weight is 312 g/mol. The van der Waals surface area contributed by atoms with Gasteiger partial charge in [-0.2, -0.15) is 0 Å². The lowest BCUT2D eigenvalue weighted by atomic mass is 10.1. The van der Waals surface area contributed by atoms with E-state index < -0.39 is 0 Å². The molecule has 4 heteroatoms. The molecule has 0 aliphatic rings. The van der Waals surface area contributed by atoms with Crippen LogP contribution in [0.3, 0.4) is 0 Å². The summed E-state index contributed by atoms with van der Waals surface area (Å²) in [6, 6.07) is 13.2. The van der Waals surface area contributed by atoms with Crippen LogP contribution < -0.4 is 10.1 Å². The molecule has 1 atom stereocenters. The Morgan fingerprint density at radius 3 is 2.83 bits per heavy atom. The molecule has 2 N–H and O–H groups in total. The number of rotatable bonds is 6. The van der Waals surface area contributed by atoms with Crippen LogP contribution in [-0.4, -0.2) is 18.6 Å². The fourth-order valence-electron chi connectivity index (χ4n) is 2.86. The van der Waals surface area contributed by atoms with Crippen molar-refractivity contribution in [2.45, 2.75) is 19.4 Å². The highest BCUT2D eigenvalue weighted by Gasteiger charge is 2.11. The lowest BCUT2D eigenvalue weighted by molar-refractivity contribution is 0.409. The van der Waals surface area contributed by atoms with E-state index in [2.05, 4.69) is 22.4 Å². The molecule has 0 aliphatic carbocycles. The van der Waals surface area contributed by atoms with Crippen LogP contribution in [0.5, 0.6) is 5.75 Å². The van der Waals surface area contributed by atoms with Gasteiger partial charge in [0.1, 0.15) is 11.6 Å². The van der Waals surface area contributed by atoms with Gasteiger partial charge in [-0.05, 0) is 37.6 Å². The predicted octanol–water partition coefficient (Wildman–Crippen LogP) is 4.21. The molecule has 0 saturated carbocycles. The zero-order chi connectivity index (χ0) is 16.2. The largest absolute Gasteiger partial charge is 0.497 e. The highest BCUT2D eigenvalue weighted by molar-refractivity contribution is 5.83. The number of hydrogen-bond acceptors (Lipinski definition) is 2. The molecule has 1 unspecified atom stereocenters. The molecule has 0 radical (unpaired) electrons. The number of ether oxygens (including phenoxy) is 1. The van der Waals surface area contributed by atoms with Gasteiger partial charge in [0.05, 0.1) is 7.11 Å². The summed E-state index contributed by atoms with van der Waals surface area (Å²) in [5.41, 5.74) is 3.08. The van der Waals surface area contributed by atoms with E-state index >= 15 is 0 Å². The summed E-state index contributed by atoms with van der Waals surface area (Å²) < 4.78 is 19.1. The maximum atomic E-state index is 14.1. The van der Waals surface area contributed by atoms with E-state index in [-0.39, 0.29) is 11.9 Å². The molecule has 2 aromatic carbocycles. The number of aromatic amines is 1. The van der Waals surface area contributed by atoms with E-state index in [1.54, 1.807) is 12.1 Å². The highest BCUT2D eigenvalue weighted by atomic mass is 19.1.